The zero-order valence-corrected chi connectivity index (χ0v) is 12.6. The zero-order chi connectivity index (χ0) is 13.2. The first-order valence-corrected chi connectivity index (χ1v) is 7.82. The summed E-state index contributed by atoms with van der Waals surface area (Å²) in [6, 6.07) is 7.98. The molecule has 1 N–H and O–H groups in total. The molecule has 3 atom stereocenters. The third kappa shape index (κ3) is 3.10. The minimum atomic E-state index is -0.384. The Labute approximate surface area is 123 Å². The van der Waals surface area contributed by atoms with Crippen LogP contribution in [0.15, 0.2) is 40.9 Å². The summed E-state index contributed by atoms with van der Waals surface area (Å²) in [7, 11) is 0. The molecule has 1 aromatic carbocycles. The molecule has 1 heterocycles. The minimum absolute atomic E-state index is 0.384. The third-order valence-corrected chi connectivity index (χ3v) is 4.85. The SMILES string of the molecule is O[C@@H](CN1C[C@H]2CC=CC[C@H]2C1)c1cccc(Br)c1. The van der Waals surface area contributed by atoms with Crippen LogP contribution in [-0.4, -0.2) is 29.6 Å². The number of halogens is 1. The van der Waals surface area contributed by atoms with Crippen LogP contribution in [0.25, 0.3) is 0 Å². The second-order valence-corrected chi connectivity index (χ2v) is 6.67. The molecule has 102 valence electrons. The van der Waals surface area contributed by atoms with Crippen molar-refractivity contribution < 1.29 is 5.11 Å². The van der Waals surface area contributed by atoms with E-state index in [1.54, 1.807) is 0 Å². The van der Waals surface area contributed by atoms with Crippen molar-refractivity contribution in [3.8, 4) is 0 Å². The van der Waals surface area contributed by atoms with E-state index in [1.165, 1.54) is 12.8 Å². The van der Waals surface area contributed by atoms with Gasteiger partial charge in [0.15, 0.2) is 0 Å². The Balaban J connectivity index is 1.60. The van der Waals surface area contributed by atoms with Crippen molar-refractivity contribution in [2.24, 2.45) is 11.8 Å². The van der Waals surface area contributed by atoms with Gasteiger partial charge in [-0.25, -0.2) is 0 Å². The fourth-order valence-electron chi connectivity index (χ4n) is 3.32. The largest absolute Gasteiger partial charge is 0.387 e. The molecule has 1 saturated heterocycles. The predicted molar refractivity (Wildman–Crippen MR) is 80.9 cm³/mol. The van der Waals surface area contributed by atoms with Crippen molar-refractivity contribution in [2.75, 3.05) is 19.6 Å². The van der Waals surface area contributed by atoms with E-state index in [4.69, 9.17) is 0 Å². The van der Waals surface area contributed by atoms with E-state index in [9.17, 15) is 5.11 Å². The second kappa shape index (κ2) is 5.78. The number of allylic oxidation sites excluding steroid dienone is 2. The highest BCUT2D eigenvalue weighted by Crippen LogP contribution is 2.33. The average Bonchev–Trinajstić information content (AvgIpc) is 2.80. The number of β-amino-alcohol motifs (C(OH)–C–C–N with tert-alkyl or cyclic N) is 1. The number of aliphatic hydroxyl groups excluding tert-OH is 1. The van der Waals surface area contributed by atoms with Crippen molar-refractivity contribution in [3.05, 3.63) is 46.5 Å². The van der Waals surface area contributed by atoms with Gasteiger partial charge in [0.25, 0.3) is 0 Å². The van der Waals surface area contributed by atoms with Crippen molar-refractivity contribution in [2.45, 2.75) is 18.9 Å². The smallest absolute Gasteiger partial charge is 0.0917 e. The molecule has 19 heavy (non-hydrogen) atoms. The minimum Gasteiger partial charge on any atom is -0.387 e. The first-order chi connectivity index (χ1) is 9.22. The van der Waals surface area contributed by atoms with Gasteiger partial charge in [0.1, 0.15) is 0 Å². The number of hydrogen-bond donors (Lipinski definition) is 1. The van der Waals surface area contributed by atoms with Crippen molar-refractivity contribution >= 4 is 15.9 Å². The van der Waals surface area contributed by atoms with E-state index >= 15 is 0 Å². The lowest BCUT2D eigenvalue weighted by Crippen LogP contribution is -2.26. The monoisotopic (exact) mass is 321 g/mol. The van der Waals surface area contributed by atoms with Gasteiger partial charge < -0.3 is 5.11 Å². The lowest BCUT2D eigenvalue weighted by molar-refractivity contribution is 0.123. The van der Waals surface area contributed by atoms with Crippen molar-refractivity contribution in [3.63, 3.8) is 0 Å². The molecule has 3 rings (SSSR count). The Hall–Kier alpha value is -0.640. The van der Waals surface area contributed by atoms with Gasteiger partial charge in [-0.3, -0.25) is 4.90 Å². The number of rotatable bonds is 3. The molecule has 0 spiro atoms. The van der Waals surface area contributed by atoms with Gasteiger partial charge in [-0.2, -0.15) is 0 Å². The first-order valence-electron chi connectivity index (χ1n) is 7.03. The number of nitrogens with zero attached hydrogens (tertiary/aromatic N) is 1. The summed E-state index contributed by atoms with van der Waals surface area (Å²) in [4.78, 5) is 2.42. The van der Waals surface area contributed by atoms with Gasteiger partial charge in [-0.15, -0.1) is 0 Å². The van der Waals surface area contributed by atoms with E-state index in [-0.39, 0.29) is 6.10 Å². The van der Waals surface area contributed by atoms with Crippen LogP contribution in [0.2, 0.25) is 0 Å². The highest BCUT2D eigenvalue weighted by molar-refractivity contribution is 9.10. The summed E-state index contributed by atoms with van der Waals surface area (Å²) in [5.41, 5.74) is 1.00. The molecule has 2 nitrogen and oxygen atoms in total. The summed E-state index contributed by atoms with van der Waals surface area (Å²) < 4.78 is 1.03. The van der Waals surface area contributed by atoms with Crippen LogP contribution >= 0.6 is 15.9 Å². The molecule has 1 aliphatic heterocycles. The molecule has 1 aliphatic carbocycles. The zero-order valence-electron chi connectivity index (χ0n) is 11.0. The van der Waals surface area contributed by atoms with Crippen LogP contribution in [0.4, 0.5) is 0 Å². The first kappa shape index (κ1) is 13.3. The Morgan fingerprint density at radius 1 is 1.21 bits per heavy atom. The van der Waals surface area contributed by atoms with Crippen LogP contribution in [0.5, 0.6) is 0 Å². The summed E-state index contributed by atoms with van der Waals surface area (Å²) in [6.07, 6.45) is 6.68. The summed E-state index contributed by atoms with van der Waals surface area (Å²) >= 11 is 3.46. The maximum Gasteiger partial charge on any atom is 0.0917 e. The maximum absolute atomic E-state index is 10.4. The van der Waals surface area contributed by atoms with Crippen LogP contribution in [0.3, 0.4) is 0 Å². The van der Waals surface area contributed by atoms with E-state index in [0.717, 1.165) is 41.5 Å². The third-order valence-electron chi connectivity index (χ3n) is 4.36. The van der Waals surface area contributed by atoms with Gasteiger partial charge in [-0.05, 0) is 42.4 Å². The topological polar surface area (TPSA) is 23.5 Å². The van der Waals surface area contributed by atoms with Crippen LogP contribution in [0, 0.1) is 11.8 Å². The quantitative estimate of drug-likeness (QED) is 0.863. The van der Waals surface area contributed by atoms with Crippen molar-refractivity contribution in [1.82, 2.24) is 4.90 Å². The van der Waals surface area contributed by atoms with Crippen LogP contribution in [-0.2, 0) is 0 Å². The van der Waals surface area contributed by atoms with Gasteiger partial charge in [-0.1, -0.05) is 40.2 Å². The molecule has 0 amide bonds. The number of fused-ring (bicyclic) bond motifs is 1. The van der Waals surface area contributed by atoms with E-state index in [0.29, 0.717) is 0 Å². The van der Waals surface area contributed by atoms with Crippen LogP contribution < -0.4 is 0 Å². The van der Waals surface area contributed by atoms with Gasteiger partial charge >= 0.3 is 0 Å². The number of hydrogen-bond acceptors (Lipinski definition) is 2. The number of benzene rings is 1. The second-order valence-electron chi connectivity index (χ2n) is 5.75. The summed E-state index contributed by atoms with van der Waals surface area (Å²) in [5.74, 6) is 1.61. The number of likely N-dealkylation sites (tertiary alicyclic amines) is 1. The number of aliphatic hydroxyl groups is 1. The highest BCUT2D eigenvalue weighted by Gasteiger charge is 2.33. The normalized spacial score (nSPS) is 28.3. The molecular formula is C16H20BrNO. The molecule has 0 bridgehead atoms. The highest BCUT2D eigenvalue weighted by atomic mass is 79.9. The van der Waals surface area contributed by atoms with E-state index in [1.807, 2.05) is 24.3 Å². The molecule has 0 radical (unpaired) electrons. The fraction of sp³-hybridized carbons (Fsp3) is 0.500. The molecule has 3 heteroatoms. The molecule has 1 aromatic rings. The van der Waals surface area contributed by atoms with Gasteiger partial charge in [0, 0.05) is 24.1 Å². The molecule has 1 fully saturated rings. The molecule has 0 saturated carbocycles. The van der Waals surface area contributed by atoms with E-state index < -0.39 is 0 Å². The van der Waals surface area contributed by atoms with Gasteiger partial charge in [0.2, 0.25) is 0 Å². The van der Waals surface area contributed by atoms with E-state index in [2.05, 4.69) is 33.0 Å². The summed E-state index contributed by atoms with van der Waals surface area (Å²) in [5, 5.41) is 10.4. The Kier molecular flexibility index (Phi) is 4.06. The van der Waals surface area contributed by atoms with Gasteiger partial charge in [0.05, 0.1) is 6.10 Å². The standard InChI is InChI=1S/C16H20BrNO/c17-15-7-3-6-12(8-15)16(19)11-18-9-13-4-1-2-5-14(13)10-18/h1-3,6-8,13-14,16,19H,4-5,9-11H2/t13-,14+,16-/m0/s1. The molecule has 0 unspecified atom stereocenters. The lowest BCUT2D eigenvalue weighted by Gasteiger charge is -2.20. The Bertz CT molecular complexity index is 458. The molecule has 0 aromatic heterocycles. The maximum atomic E-state index is 10.4. The predicted octanol–water partition coefficient (Wildman–Crippen LogP) is 3.38. The van der Waals surface area contributed by atoms with Crippen LogP contribution in [0.1, 0.15) is 24.5 Å². The Morgan fingerprint density at radius 3 is 2.53 bits per heavy atom. The fourth-order valence-corrected chi connectivity index (χ4v) is 3.74. The molecular weight excluding hydrogens is 302 g/mol. The average molecular weight is 322 g/mol. The Morgan fingerprint density at radius 2 is 1.89 bits per heavy atom. The summed E-state index contributed by atoms with van der Waals surface area (Å²) in [6.45, 7) is 3.03. The lowest BCUT2D eigenvalue weighted by atomic mass is 9.86. The van der Waals surface area contributed by atoms with Crippen molar-refractivity contribution in [1.29, 1.82) is 0 Å². The molecule has 2 aliphatic rings.